The summed E-state index contributed by atoms with van der Waals surface area (Å²) >= 11 is 5.98. The maximum Gasteiger partial charge on any atom is 0.326 e. The molecule has 5 rings (SSSR count). The molecule has 2 N–H and O–H groups in total. The zero-order valence-corrected chi connectivity index (χ0v) is 22.3. The third-order valence-corrected chi connectivity index (χ3v) is 6.63. The second kappa shape index (κ2) is 11.9. The molecular weight excluding hydrogens is 530 g/mol. The van der Waals surface area contributed by atoms with Crippen LogP contribution in [0.25, 0.3) is 16.8 Å². The smallest absolute Gasteiger partial charge is 0.326 e. The molecule has 0 saturated carbocycles. The number of imidazole rings is 1. The van der Waals surface area contributed by atoms with Gasteiger partial charge in [0.15, 0.2) is 0 Å². The summed E-state index contributed by atoms with van der Waals surface area (Å²) in [5, 5.41) is 13.0. The van der Waals surface area contributed by atoms with Crippen LogP contribution < -0.4 is 14.8 Å². The predicted molar refractivity (Wildman–Crippen MR) is 152 cm³/mol. The van der Waals surface area contributed by atoms with Crippen molar-refractivity contribution in [2.24, 2.45) is 0 Å². The number of carboxylic acid groups (broad SMARTS) is 1. The molecule has 2 heterocycles. The first-order valence-corrected chi connectivity index (χ1v) is 12.9. The van der Waals surface area contributed by atoms with Crippen LogP contribution in [0.1, 0.15) is 21.6 Å². The molecule has 0 spiro atoms. The summed E-state index contributed by atoms with van der Waals surface area (Å²) < 4.78 is 12.8. The van der Waals surface area contributed by atoms with Gasteiger partial charge in [-0.2, -0.15) is 0 Å². The molecule has 2 aromatic heterocycles. The van der Waals surface area contributed by atoms with E-state index in [-0.39, 0.29) is 12.1 Å². The molecule has 9 heteroatoms. The Morgan fingerprint density at radius 3 is 2.45 bits per heavy atom. The van der Waals surface area contributed by atoms with E-state index < -0.39 is 17.9 Å². The fourth-order valence-corrected chi connectivity index (χ4v) is 4.36. The number of fused-ring (bicyclic) bond motifs is 1. The minimum absolute atomic E-state index is 0.103. The lowest BCUT2D eigenvalue weighted by atomic mass is 10.1. The van der Waals surface area contributed by atoms with Crippen LogP contribution in [0.3, 0.4) is 0 Å². The maximum absolute atomic E-state index is 12.9. The van der Waals surface area contributed by atoms with Gasteiger partial charge in [-0.25, -0.2) is 9.78 Å². The van der Waals surface area contributed by atoms with Gasteiger partial charge in [0.2, 0.25) is 0 Å². The molecule has 202 valence electrons. The van der Waals surface area contributed by atoms with E-state index in [1.54, 1.807) is 60.3 Å². The molecule has 8 nitrogen and oxygen atoms in total. The lowest BCUT2D eigenvalue weighted by Gasteiger charge is -2.14. The van der Waals surface area contributed by atoms with Gasteiger partial charge in [0.05, 0.1) is 7.11 Å². The van der Waals surface area contributed by atoms with Crippen LogP contribution in [0.4, 0.5) is 0 Å². The summed E-state index contributed by atoms with van der Waals surface area (Å²) in [6, 6.07) is 24.8. The Bertz CT molecular complexity index is 1650. The number of pyridine rings is 1. The molecular formula is C31H26ClN3O5. The van der Waals surface area contributed by atoms with E-state index >= 15 is 0 Å². The number of hydrogen-bond acceptors (Lipinski definition) is 5. The number of nitrogens with zero attached hydrogens (tertiary/aromatic N) is 2. The van der Waals surface area contributed by atoms with E-state index in [0.717, 1.165) is 28.0 Å². The highest BCUT2D eigenvalue weighted by Crippen LogP contribution is 2.23. The quantitative estimate of drug-likeness (QED) is 0.230. The third kappa shape index (κ3) is 6.42. The second-order valence-electron chi connectivity index (χ2n) is 9.17. The minimum atomic E-state index is -1.14. The topological polar surface area (TPSA) is 102 Å². The third-order valence-electron chi connectivity index (χ3n) is 6.38. The van der Waals surface area contributed by atoms with E-state index in [2.05, 4.69) is 10.3 Å². The maximum atomic E-state index is 12.9. The molecule has 0 bridgehead atoms. The molecule has 0 aliphatic carbocycles. The molecule has 0 saturated heterocycles. The van der Waals surface area contributed by atoms with Crippen molar-refractivity contribution in [2.45, 2.75) is 19.1 Å². The standard InChI is InChI=1S/C31H26ClN3O5/c1-39-26-4-2-3-21(15-26)19-40-25-11-5-20(6-12-25)16-27(31(37)38)34-30(36)28-18-35-14-13-23(17-29(35)33-28)22-7-9-24(32)10-8-22/h2-15,17-18,27H,16,19H2,1H3,(H,34,36)(H,37,38)/t27-/m0/s1. The lowest BCUT2D eigenvalue weighted by molar-refractivity contribution is -0.139. The Labute approximate surface area is 235 Å². The number of hydrogen-bond donors (Lipinski definition) is 2. The average Bonchev–Trinajstić information content (AvgIpc) is 3.41. The number of benzene rings is 3. The average molecular weight is 556 g/mol. The summed E-state index contributed by atoms with van der Waals surface area (Å²) in [5.41, 5.74) is 4.27. The Morgan fingerprint density at radius 1 is 0.950 bits per heavy atom. The van der Waals surface area contributed by atoms with Gasteiger partial charge in [-0.15, -0.1) is 0 Å². The van der Waals surface area contributed by atoms with Gasteiger partial charge in [0.25, 0.3) is 5.91 Å². The highest BCUT2D eigenvalue weighted by atomic mass is 35.5. The van der Waals surface area contributed by atoms with Crippen LogP contribution in [0.15, 0.2) is 97.3 Å². The highest BCUT2D eigenvalue weighted by molar-refractivity contribution is 6.30. The first-order chi connectivity index (χ1) is 19.4. The number of nitrogens with one attached hydrogen (secondary N) is 1. The first kappa shape index (κ1) is 26.8. The number of carboxylic acids is 1. The van der Waals surface area contributed by atoms with E-state index in [1.807, 2.05) is 48.5 Å². The number of amides is 1. The fourth-order valence-electron chi connectivity index (χ4n) is 4.23. The monoisotopic (exact) mass is 555 g/mol. The van der Waals surface area contributed by atoms with Crippen molar-refractivity contribution in [1.82, 2.24) is 14.7 Å². The first-order valence-electron chi connectivity index (χ1n) is 12.5. The van der Waals surface area contributed by atoms with Crippen LogP contribution in [-0.4, -0.2) is 39.5 Å². The summed E-state index contributed by atoms with van der Waals surface area (Å²) in [4.78, 5) is 29.3. The van der Waals surface area contributed by atoms with Gasteiger partial charge in [0, 0.05) is 23.8 Å². The normalized spacial score (nSPS) is 11.7. The van der Waals surface area contributed by atoms with Crippen LogP contribution in [0.2, 0.25) is 5.02 Å². The van der Waals surface area contributed by atoms with Crippen molar-refractivity contribution in [3.05, 3.63) is 119 Å². The van der Waals surface area contributed by atoms with Crippen molar-refractivity contribution in [3.8, 4) is 22.6 Å². The molecule has 0 aliphatic rings. The Kier molecular flexibility index (Phi) is 7.98. The zero-order chi connectivity index (χ0) is 28.1. The number of aromatic nitrogens is 2. The minimum Gasteiger partial charge on any atom is -0.497 e. The molecule has 0 fully saturated rings. The molecule has 5 aromatic rings. The van der Waals surface area contributed by atoms with E-state index in [1.165, 1.54) is 0 Å². The van der Waals surface area contributed by atoms with Gasteiger partial charge in [-0.05, 0) is 70.8 Å². The van der Waals surface area contributed by atoms with Gasteiger partial charge in [-0.3, -0.25) is 4.79 Å². The molecule has 40 heavy (non-hydrogen) atoms. The SMILES string of the molecule is COc1cccc(COc2ccc(C[C@H](NC(=O)c3cn4ccc(-c5ccc(Cl)cc5)cc4n3)C(=O)O)cc2)c1. The van der Waals surface area contributed by atoms with Crippen LogP contribution in [0.5, 0.6) is 11.5 Å². The zero-order valence-electron chi connectivity index (χ0n) is 21.6. The highest BCUT2D eigenvalue weighted by Gasteiger charge is 2.23. The molecule has 3 aromatic carbocycles. The van der Waals surface area contributed by atoms with E-state index in [0.29, 0.717) is 23.0 Å². The number of carbonyl (C=O) groups is 2. The van der Waals surface area contributed by atoms with E-state index in [4.69, 9.17) is 21.1 Å². The van der Waals surface area contributed by atoms with Crippen LogP contribution in [0, 0.1) is 0 Å². The van der Waals surface area contributed by atoms with Gasteiger partial charge in [0.1, 0.15) is 35.5 Å². The molecule has 0 unspecified atom stereocenters. The van der Waals surface area contributed by atoms with Gasteiger partial charge < -0.3 is 24.3 Å². The number of halogens is 1. The summed E-state index contributed by atoms with van der Waals surface area (Å²) in [7, 11) is 1.61. The number of rotatable bonds is 10. The number of carbonyl (C=O) groups excluding carboxylic acids is 1. The number of ether oxygens (including phenoxy) is 2. The Hall–Kier alpha value is -4.82. The van der Waals surface area contributed by atoms with Gasteiger partial charge in [-0.1, -0.05) is 48.0 Å². The van der Waals surface area contributed by atoms with Crippen molar-refractivity contribution in [2.75, 3.05) is 7.11 Å². The predicted octanol–water partition coefficient (Wildman–Crippen LogP) is 5.67. The summed E-state index contributed by atoms with van der Waals surface area (Å²) in [6.45, 7) is 0.366. The number of methoxy groups -OCH3 is 1. The summed E-state index contributed by atoms with van der Waals surface area (Å²) in [6.07, 6.45) is 3.48. The fraction of sp³-hybridized carbons (Fsp3) is 0.129. The van der Waals surface area contributed by atoms with E-state index in [9.17, 15) is 14.7 Å². The van der Waals surface area contributed by atoms with Gasteiger partial charge >= 0.3 is 5.97 Å². The second-order valence-corrected chi connectivity index (χ2v) is 9.60. The number of aliphatic carboxylic acids is 1. The largest absolute Gasteiger partial charge is 0.497 e. The Balaban J connectivity index is 1.22. The Morgan fingerprint density at radius 2 is 1.73 bits per heavy atom. The van der Waals surface area contributed by atoms with Crippen molar-refractivity contribution >= 4 is 29.1 Å². The molecule has 0 aliphatic heterocycles. The lowest BCUT2D eigenvalue weighted by Crippen LogP contribution is -2.42. The molecule has 0 radical (unpaired) electrons. The van der Waals surface area contributed by atoms with Crippen LogP contribution >= 0.6 is 11.6 Å². The summed E-state index contributed by atoms with van der Waals surface area (Å²) in [5.74, 6) is -0.308. The molecule has 1 atom stereocenters. The van der Waals surface area contributed by atoms with Crippen molar-refractivity contribution < 1.29 is 24.2 Å². The van der Waals surface area contributed by atoms with Crippen molar-refractivity contribution in [3.63, 3.8) is 0 Å². The molecule has 1 amide bonds. The van der Waals surface area contributed by atoms with Crippen LogP contribution in [-0.2, 0) is 17.8 Å². The van der Waals surface area contributed by atoms with Crippen molar-refractivity contribution in [1.29, 1.82) is 0 Å².